The van der Waals surface area contributed by atoms with E-state index in [-0.39, 0.29) is 12.5 Å². The summed E-state index contributed by atoms with van der Waals surface area (Å²) in [5, 5.41) is 0.613. The van der Waals surface area contributed by atoms with Crippen LogP contribution in [0.4, 0.5) is 15.8 Å². The maximum absolute atomic E-state index is 14.8. The van der Waals surface area contributed by atoms with E-state index >= 15 is 0 Å². The molecule has 7 heteroatoms. The van der Waals surface area contributed by atoms with Crippen LogP contribution in [0.1, 0.15) is 18.1 Å². The van der Waals surface area contributed by atoms with Crippen LogP contribution in [0.25, 0.3) is 11.1 Å². The molecule has 3 aromatic rings. The highest BCUT2D eigenvalue weighted by Gasteiger charge is 2.11. The van der Waals surface area contributed by atoms with E-state index in [1.165, 1.54) is 18.0 Å². The molecule has 154 valence electrons. The van der Waals surface area contributed by atoms with E-state index in [9.17, 15) is 4.39 Å². The standard InChI is InChI=1S/C23H22ClFN4S/c1-3-15-10-17(11-18(13-28-14-26)23(15)27-2)16-8-9-21(20(25)12-16)29-30-22-7-5-4-6-19(22)24/h4-13,29H,2-3,14,26H2,1H3/b28-13-. The van der Waals surface area contributed by atoms with E-state index in [0.717, 1.165) is 39.3 Å². The van der Waals surface area contributed by atoms with Crippen molar-refractivity contribution in [1.82, 2.24) is 0 Å². The fraction of sp³-hybridized carbons (Fsp3) is 0.130. The zero-order valence-corrected chi connectivity index (χ0v) is 18.1. The smallest absolute Gasteiger partial charge is 0.147 e. The lowest BCUT2D eigenvalue weighted by atomic mass is 9.96. The molecule has 0 aliphatic rings. The number of aryl methyl sites for hydroxylation is 1. The van der Waals surface area contributed by atoms with Crippen LogP contribution >= 0.6 is 23.5 Å². The highest BCUT2D eigenvalue weighted by Crippen LogP contribution is 2.34. The Morgan fingerprint density at radius 3 is 2.63 bits per heavy atom. The Balaban J connectivity index is 1.91. The van der Waals surface area contributed by atoms with Crippen LogP contribution in [0.2, 0.25) is 5.02 Å². The van der Waals surface area contributed by atoms with Gasteiger partial charge in [-0.3, -0.25) is 9.98 Å². The summed E-state index contributed by atoms with van der Waals surface area (Å²) in [6, 6.07) is 16.4. The van der Waals surface area contributed by atoms with Gasteiger partial charge in [0.1, 0.15) is 5.82 Å². The van der Waals surface area contributed by atoms with Gasteiger partial charge < -0.3 is 10.5 Å². The predicted octanol–water partition coefficient (Wildman–Crippen LogP) is 6.49. The molecule has 4 nitrogen and oxygen atoms in total. The second-order valence-electron chi connectivity index (χ2n) is 6.41. The lowest BCUT2D eigenvalue weighted by molar-refractivity contribution is 0.633. The van der Waals surface area contributed by atoms with Crippen molar-refractivity contribution < 1.29 is 4.39 Å². The molecule has 0 fully saturated rings. The molecule has 0 heterocycles. The molecule has 3 N–H and O–H groups in total. The van der Waals surface area contributed by atoms with E-state index in [1.807, 2.05) is 43.3 Å². The highest BCUT2D eigenvalue weighted by molar-refractivity contribution is 8.00. The van der Waals surface area contributed by atoms with E-state index in [4.69, 9.17) is 17.3 Å². The first kappa shape index (κ1) is 22.0. The molecule has 0 aliphatic heterocycles. The second-order valence-corrected chi connectivity index (χ2v) is 7.66. The largest absolute Gasteiger partial charge is 0.323 e. The van der Waals surface area contributed by atoms with Crippen LogP contribution in [0.3, 0.4) is 0 Å². The number of aliphatic imine (C=N–C) groups is 2. The molecule has 0 saturated carbocycles. The Morgan fingerprint density at radius 2 is 1.97 bits per heavy atom. The topological polar surface area (TPSA) is 62.8 Å². The van der Waals surface area contributed by atoms with Crippen molar-refractivity contribution in [2.75, 3.05) is 11.4 Å². The van der Waals surface area contributed by atoms with Crippen LogP contribution in [-0.2, 0) is 6.42 Å². The maximum atomic E-state index is 14.8. The minimum atomic E-state index is -0.354. The molecule has 0 amide bonds. The minimum absolute atomic E-state index is 0.181. The summed E-state index contributed by atoms with van der Waals surface area (Å²) in [5.41, 5.74) is 10.1. The third-order valence-electron chi connectivity index (χ3n) is 4.50. The second kappa shape index (κ2) is 10.4. The third-order valence-corrected chi connectivity index (χ3v) is 5.84. The van der Waals surface area contributed by atoms with E-state index in [2.05, 4.69) is 21.4 Å². The summed E-state index contributed by atoms with van der Waals surface area (Å²) in [5.74, 6) is -0.354. The number of hydrogen-bond donors (Lipinski definition) is 2. The molecule has 3 rings (SSSR count). The molecule has 0 aliphatic carbocycles. The summed E-state index contributed by atoms with van der Waals surface area (Å²) in [6.07, 6.45) is 2.45. The van der Waals surface area contributed by atoms with Crippen molar-refractivity contribution in [3.05, 3.63) is 76.6 Å². The summed E-state index contributed by atoms with van der Waals surface area (Å²) < 4.78 is 17.8. The van der Waals surface area contributed by atoms with Crippen LogP contribution in [0, 0.1) is 5.82 Å². The van der Waals surface area contributed by atoms with E-state index in [1.54, 1.807) is 18.3 Å². The van der Waals surface area contributed by atoms with Gasteiger partial charge in [0.05, 0.1) is 23.1 Å². The van der Waals surface area contributed by atoms with E-state index < -0.39 is 0 Å². The van der Waals surface area contributed by atoms with Crippen molar-refractivity contribution in [2.24, 2.45) is 15.7 Å². The van der Waals surface area contributed by atoms with Gasteiger partial charge in [0.25, 0.3) is 0 Å². The van der Waals surface area contributed by atoms with E-state index in [0.29, 0.717) is 10.7 Å². The van der Waals surface area contributed by atoms with Gasteiger partial charge in [-0.05, 0) is 78.2 Å². The zero-order valence-electron chi connectivity index (χ0n) is 16.5. The lowest BCUT2D eigenvalue weighted by Gasteiger charge is -2.13. The lowest BCUT2D eigenvalue weighted by Crippen LogP contribution is -1.97. The molecule has 0 atom stereocenters. The van der Waals surface area contributed by atoms with Gasteiger partial charge in [0.15, 0.2) is 0 Å². The molecule has 0 aromatic heterocycles. The fourth-order valence-electron chi connectivity index (χ4n) is 3.01. The normalized spacial score (nSPS) is 11.1. The minimum Gasteiger partial charge on any atom is -0.323 e. The van der Waals surface area contributed by atoms with Gasteiger partial charge in [0.2, 0.25) is 0 Å². The first-order valence-corrected chi connectivity index (χ1v) is 10.6. The molecule has 0 bridgehead atoms. The number of anilines is 1. The molecule has 0 spiro atoms. The average molecular weight is 441 g/mol. The van der Waals surface area contributed by atoms with Gasteiger partial charge >= 0.3 is 0 Å². The predicted molar refractivity (Wildman–Crippen MR) is 128 cm³/mol. The number of nitrogens with one attached hydrogen (secondary N) is 1. The average Bonchev–Trinajstić information content (AvgIpc) is 2.77. The zero-order chi connectivity index (χ0) is 21.5. The molecular weight excluding hydrogens is 419 g/mol. The van der Waals surface area contributed by atoms with Gasteiger partial charge in [-0.25, -0.2) is 4.39 Å². The van der Waals surface area contributed by atoms with Crippen LogP contribution < -0.4 is 10.5 Å². The first-order valence-electron chi connectivity index (χ1n) is 9.38. The Bertz CT molecular complexity index is 1080. The molecule has 0 saturated heterocycles. The van der Waals surface area contributed by atoms with Gasteiger partial charge in [0, 0.05) is 16.7 Å². The number of rotatable bonds is 8. The molecule has 30 heavy (non-hydrogen) atoms. The highest BCUT2D eigenvalue weighted by atomic mass is 35.5. The molecular formula is C23H22ClFN4S. The van der Waals surface area contributed by atoms with Crippen molar-refractivity contribution in [3.8, 4) is 11.1 Å². The Hall–Kier alpha value is -2.67. The van der Waals surface area contributed by atoms with Gasteiger partial charge in [-0.15, -0.1) is 0 Å². The number of halogens is 2. The van der Waals surface area contributed by atoms with Crippen molar-refractivity contribution in [1.29, 1.82) is 0 Å². The van der Waals surface area contributed by atoms with Crippen LogP contribution in [0.5, 0.6) is 0 Å². The van der Waals surface area contributed by atoms with Crippen molar-refractivity contribution in [3.63, 3.8) is 0 Å². The van der Waals surface area contributed by atoms with Gasteiger partial charge in [-0.2, -0.15) is 0 Å². The van der Waals surface area contributed by atoms with Gasteiger partial charge in [-0.1, -0.05) is 36.7 Å². The molecule has 3 aromatic carbocycles. The number of nitrogens with zero attached hydrogens (tertiary/aromatic N) is 2. The Morgan fingerprint density at radius 1 is 1.17 bits per heavy atom. The van der Waals surface area contributed by atoms with Crippen molar-refractivity contribution >= 4 is 47.9 Å². The fourth-order valence-corrected chi connectivity index (χ4v) is 3.96. The van der Waals surface area contributed by atoms with Crippen LogP contribution in [-0.4, -0.2) is 19.6 Å². The maximum Gasteiger partial charge on any atom is 0.147 e. The summed E-state index contributed by atoms with van der Waals surface area (Å²) >= 11 is 7.42. The molecule has 0 unspecified atom stereocenters. The SMILES string of the molecule is C=Nc1c(/C=N\CN)cc(-c2ccc(NSc3ccccc3Cl)c(F)c2)cc1CC. The van der Waals surface area contributed by atoms with Crippen LogP contribution in [0.15, 0.2) is 69.5 Å². The Labute approximate surface area is 185 Å². The summed E-state index contributed by atoms with van der Waals surface area (Å²) in [6.45, 7) is 5.88. The number of hydrogen-bond acceptors (Lipinski definition) is 5. The number of benzene rings is 3. The summed E-state index contributed by atoms with van der Waals surface area (Å²) in [4.78, 5) is 9.09. The van der Waals surface area contributed by atoms with Crippen molar-refractivity contribution in [2.45, 2.75) is 18.2 Å². The monoisotopic (exact) mass is 440 g/mol. The first-order chi connectivity index (χ1) is 14.6. The number of nitrogens with two attached hydrogens (primary N) is 1. The Kier molecular flexibility index (Phi) is 7.63. The molecule has 0 radical (unpaired) electrons. The third kappa shape index (κ3) is 5.08. The quantitative estimate of drug-likeness (QED) is 0.310. The summed E-state index contributed by atoms with van der Waals surface area (Å²) in [7, 11) is 0.